The molecule has 30 heavy (non-hydrogen) atoms. The van der Waals surface area contributed by atoms with Crippen molar-refractivity contribution in [2.24, 2.45) is 5.41 Å². The number of hydrogen-bond donors (Lipinski definition) is 0. The maximum atomic E-state index is 3.98. The van der Waals surface area contributed by atoms with E-state index in [9.17, 15) is 0 Å². The maximum Gasteiger partial charge on any atom is 0.0986 e. The van der Waals surface area contributed by atoms with Crippen molar-refractivity contribution in [3.8, 4) is 0 Å². The Labute approximate surface area is 185 Å². The number of nitrogens with zero attached hydrogens (tertiary/aromatic N) is 1. The van der Waals surface area contributed by atoms with Crippen molar-refractivity contribution < 1.29 is 0 Å². The topological polar surface area (TPSA) is 3.24 Å². The van der Waals surface area contributed by atoms with E-state index in [-0.39, 0.29) is 11.0 Å². The Morgan fingerprint density at radius 3 is 1.80 bits per heavy atom. The summed E-state index contributed by atoms with van der Waals surface area (Å²) in [6, 6.07) is 16.1. The Hall–Kier alpha value is -1.76. The molecule has 1 nitrogen and oxygen atoms in total. The highest BCUT2D eigenvalue weighted by Crippen LogP contribution is 2.51. The van der Waals surface area contributed by atoms with E-state index in [1.54, 1.807) is 0 Å². The highest BCUT2D eigenvalue weighted by atomic mass is 15.2. The zero-order valence-corrected chi connectivity index (χ0v) is 20.6. The Balaban J connectivity index is 1.95. The molecule has 1 atom stereocenters. The molecule has 0 aromatic heterocycles. The van der Waals surface area contributed by atoms with Crippen molar-refractivity contribution >= 4 is 5.69 Å². The molecule has 2 aromatic carbocycles. The summed E-state index contributed by atoms with van der Waals surface area (Å²) in [4.78, 5) is 2.50. The summed E-state index contributed by atoms with van der Waals surface area (Å²) in [5.74, 6) is 1.56. The van der Waals surface area contributed by atoms with Crippen LogP contribution in [0.1, 0.15) is 109 Å². The lowest BCUT2D eigenvalue weighted by molar-refractivity contribution is 0.353. The van der Waals surface area contributed by atoms with Crippen LogP contribution in [0.15, 0.2) is 42.5 Å². The molecule has 0 N–H and O–H groups in total. The summed E-state index contributed by atoms with van der Waals surface area (Å²) in [5, 5.41) is 0. The van der Waals surface area contributed by atoms with Gasteiger partial charge >= 0.3 is 0 Å². The van der Waals surface area contributed by atoms with Gasteiger partial charge in [-0.05, 0) is 66.7 Å². The molecular formula is C29H41N. The minimum Gasteiger partial charge on any atom is -0.355 e. The van der Waals surface area contributed by atoms with Gasteiger partial charge in [0.05, 0.1) is 6.54 Å². The van der Waals surface area contributed by atoms with Crippen LogP contribution in [0.2, 0.25) is 0 Å². The fraction of sp³-hybridized carbons (Fsp3) is 0.552. The molecule has 1 fully saturated rings. The van der Waals surface area contributed by atoms with Crippen molar-refractivity contribution in [3.05, 3.63) is 71.3 Å². The van der Waals surface area contributed by atoms with E-state index in [0.29, 0.717) is 17.8 Å². The molecular weight excluding hydrogens is 362 g/mol. The summed E-state index contributed by atoms with van der Waals surface area (Å²) in [6.45, 7) is 24.9. The lowest BCUT2D eigenvalue weighted by Gasteiger charge is -2.37. The standard InChI is InChI=1S/C29H41N/c1-20(2)24-15-13-23(14-16-24)17-29(9)18-28(7,8)30(19-29)27-25(21(3)4)11-10-12-26(27)22(5)6/h10-16,20-22H,17-18H2,1-9H3. The fourth-order valence-electron chi connectivity index (χ4n) is 5.20. The van der Waals surface area contributed by atoms with Crippen molar-refractivity contribution in [1.82, 2.24) is 0 Å². The molecule has 162 valence electrons. The summed E-state index contributed by atoms with van der Waals surface area (Å²) in [5.41, 5.74) is 7.17. The first-order valence-corrected chi connectivity index (χ1v) is 11.7. The molecule has 3 rings (SSSR count). The zero-order valence-electron chi connectivity index (χ0n) is 20.6. The lowest BCUT2D eigenvalue weighted by Crippen LogP contribution is -2.37. The third-order valence-corrected chi connectivity index (χ3v) is 6.62. The molecule has 1 heteroatoms. The smallest absolute Gasteiger partial charge is 0.0986 e. The normalized spacial score (nSPS) is 21.3. The third kappa shape index (κ3) is 4.61. The molecule has 0 spiro atoms. The van der Waals surface area contributed by atoms with Gasteiger partial charge in [-0.2, -0.15) is 0 Å². The second kappa shape index (κ2) is 8.40. The molecule has 1 aliphatic heterocycles. The van der Waals surface area contributed by atoms with Crippen molar-refractivity contribution in [3.63, 3.8) is 0 Å². The van der Waals surface area contributed by atoms with Crippen LogP contribution in [0, 0.1) is 12.0 Å². The first-order chi connectivity index (χ1) is 13.9. The number of anilines is 1. The van der Waals surface area contributed by atoms with Crippen molar-refractivity contribution in [1.29, 1.82) is 0 Å². The van der Waals surface area contributed by atoms with Crippen LogP contribution in [-0.4, -0.2) is 5.54 Å². The highest BCUT2D eigenvalue weighted by molar-refractivity contribution is 5.66. The largest absolute Gasteiger partial charge is 0.355 e. The Bertz CT molecular complexity index is 830. The quantitative estimate of drug-likeness (QED) is 0.468. The van der Waals surface area contributed by atoms with E-state index >= 15 is 0 Å². The van der Waals surface area contributed by atoms with Gasteiger partial charge in [0.1, 0.15) is 0 Å². The second-order valence-electron chi connectivity index (χ2n) is 11.2. The molecule has 0 aliphatic carbocycles. The van der Waals surface area contributed by atoms with Gasteiger partial charge in [0.25, 0.3) is 0 Å². The van der Waals surface area contributed by atoms with Gasteiger partial charge in [-0.25, -0.2) is 0 Å². The van der Waals surface area contributed by atoms with Gasteiger partial charge in [-0.1, -0.05) is 90.9 Å². The van der Waals surface area contributed by atoms with Crippen molar-refractivity contribution in [2.45, 2.75) is 98.4 Å². The molecule has 2 radical (unpaired) electrons. The van der Waals surface area contributed by atoms with Gasteiger partial charge in [0, 0.05) is 16.6 Å². The monoisotopic (exact) mass is 403 g/mol. The minimum absolute atomic E-state index is 0.0290. The van der Waals surface area contributed by atoms with Gasteiger partial charge in [-0.3, -0.25) is 0 Å². The van der Waals surface area contributed by atoms with E-state index in [0.717, 1.165) is 12.8 Å². The summed E-state index contributed by atoms with van der Waals surface area (Å²) < 4.78 is 0. The first-order valence-electron chi connectivity index (χ1n) is 11.7. The van der Waals surface area contributed by atoms with Gasteiger partial charge < -0.3 is 4.90 Å². The summed E-state index contributed by atoms with van der Waals surface area (Å²) in [6.07, 6.45) is 2.14. The van der Waals surface area contributed by atoms with Crippen molar-refractivity contribution in [2.75, 3.05) is 4.90 Å². The Morgan fingerprint density at radius 1 is 0.800 bits per heavy atom. The second-order valence-corrected chi connectivity index (χ2v) is 11.2. The van der Waals surface area contributed by atoms with Gasteiger partial charge in [-0.15, -0.1) is 0 Å². The van der Waals surface area contributed by atoms with Crippen LogP contribution in [0.3, 0.4) is 0 Å². The van der Waals surface area contributed by atoms with E-state index in [1.807, 2.05) is 0 Å². The predicted molar refractivity (Wildman–Crippen MR) is 131 cm³/mol. The minimum atomic E-state index is 0.0290. The van der Waals surface area contributed by atoms with Gasteiger partial charge in [0.2, 0.25) is 0 Å². The molecule has 0 bridgehead atoms. The SMILES string of the molecule is CC(C)c1ccc(CC2(C)[C]N(c3c(C(C)C)cccc3C(C)C)C(C)(C)C2)cc1. The number of hydrogen-bond acceptors (Lipinski definition) is 1. The lowest BCUT2D eigenvalue weighted by atomic mass is 9.79. The predicted octanol–water partition coefficient (Wildman–Crippen LogP) is 8.33. The van der Waals surface area contributed by atoms with Crippen LogP contribution in [0.5, 0.6) is 0 Å². The van der Waals surface area contributed by atoms with E-state index in [2.05, 4.69) is 116 Å². The molecule has 2 aromatic rings. The van der Waals surface area contributed by atoms with E-state index < -0.39 is 0 Å². The number of benzene rings is 2. The number of rotatable bonds is 6. The fourth-order valence-corrected chi connectivity index (χ4v) is 5.20. The maximum absolute atomic E-state index is 3.98. The van der Waals surface area contributed by atoms with Crippen LogP contribution < -0.4 is 4.90 Å². The molecule has 1 aliphatic rings. The first kappa shape index (κ1) is 22.9. The molecule has 0 amide bonds. The van der Waals surface area contributed by atoms with E-state index in [1.165, 1.54) is 27.9 Å². The molecule has 1 saturated heterocycles. The molecule has 1 heterocycles. The average Bonchev–Trinajstić information content (AvgIpc) is 2.89. The van der Waals surface area contributed by atoms with Gasteiger partial charge in [0.15, 0.2) is 0 Å². The molecule has 1 unspecified atom stereocenters. The van der Waals surface area contributed by atoms with Crippen LogP contribution in [-0.2, 0) is 6.42 Å². The van der Waals surface area contributed by atoms with Crippen LogP contribution >= 0.6 is 0 Å². The summed E-state index contributed by atoms with van der Waals surface area (Å²) in [7, 11) is 0. The highest BCUT2D eigenvalue weighted by Gasteiger charge is 2.48. The van der Waals surface area contributed by atoms with E-state index in [4.69, 9.17) is 0 Å². The van der Waals surface area contributed by atoms with Crippen LogP contribution in [0.4, 0.5) is 5.69 Å². The zero-order chi connectivity index (χ0) is 22.3. The van der Waals surface area contributed by atoms with Crippen LogP contribution in [0.25, 0.3) is 0 Å². The Kier molecular flexibility index (Phi) is 6.42. The average molecular weight is 404 g/mol. The third-order valence-electron chi connectivity index (χ3n) is 6.62. The number of para-hydroxylation sites is 1. The molecule has 0 saturated carbocycles. The summed E-state index contributed by atoms with van der Waals surface area (Å²) >= 11 is 0. The Morgan fingerprint density at radius 2 is 1.33 bits per heavy atom.